The van der Waals surface area contributed by atoms with Crippen molar-refractivity contribution in [1.82, 2.24) is 15.0 Å². The van der Waals surface area contributed by atoms with E-state index >= 15 is 0 Å². The van der Waals surface area contributed by atoms with E-state index in [1.54, 1.807) is 7.05 Å². The summed E-state index contributed by atoms with van der Waals surface area (Å²) in [6.45, 7) is 5.44. The van der Waals surface area contributed by atoms with E-state index in [0.29, 0.717) is 24.9 Å². The Bertz CT molecular complexity index is 476. The van der Waals surface area contributed by atoms with Gasteiger partial charge in [0.1, 0.15) is 0 Å². The second-order valence-electron chi connectivity index (χ2n) is 4.69. The largest absolute Gasteiger partial charge is 0.357 e. The molecular formula is C13H21N7. The van der Waals surface area contributed by atoms with Crippen molar-refractivity contribution in [3.63, 3.8) is 0 Å². The molecule has 108 valence electrons. The molecule has 1 aliphatic heterocycles. The number of nitrogens with one attached hydrogen (secondary N) is 1. The van der Waals surface area contributed by atoms with E-state index in [9.17, 15) is 0 Å². The third kappa shape index (κ3) is 3.26. The van der Waals surface area contributed by atoms with Crippen LogP contribution >= 0.6 is 0 Å². The van der Waals surface area contributed by atoms with Crippen molar-refractivity contribution < 1.29 is 0 Å². The molecule has 7 nitrogen and oxygen atoms in total. The van der Waals surface area contributed by atoms with E-state index in [2.05, 4.69) is 31.2 Å². The summed E-state index contributed by atoms with van der Waals surface area (Å²) in [4.78, 5) is 17.6. The predicted octanol–water partition coefficient (Wildman–Crippen LogP) is 1.25. The van der Waals surface area contributed by atoms with Crippen LogP contribution in [0, 0.1) is 11.3 Å². The number of hydrogen-bond donors (Lipinski definition) is 1. The van der Waals surface area contributed by atoms with Gasteiger partial charge in [-0.3, -0.25) is 0 Å². The van der Waals surface area contributed by atoms with Crippen LogP contribution in [0.5, 0.6) is 0 Å². The summed E-state index contributed by atoms with van der Waals surface area (Å²) in [6.07, 6.45) is 2.83. The second-order valence-corrected chi connectivity index (χ2v) is 4.69. The SMILES string of the molecule is CCN(CCC#N)c1nc(NC)nc(N2CCCC2)n1. The Labute approximate surface area is 119 Å². The van der Waals surface area contributed by atoms with Crippen molar-refractivity contribution >= 4 is 17.8 Å². The molecule has 1 aliphatic rings. The first-order chi connectivity index (χ1) is 9.78. The highest BCUT2D eigenvalue weighted by Gasteiger charge is 2.18. The van der Waals surface area contributed by atoms with Crippen LogP contribution < -0.4 is 15.1 Å². The molecule has 1 fully saturated rings. The number of aromatic nitrogens is 3. The van der Waals surface area contributed by atoms with E-state index < -0.39 is 0 Å². The van der Waals surface area contributed by atoms with Crippen molar-refractivity contribution in [2.24, 2.45) is 0 Å². The molecule has 2 rings (SSSR count). The maximum absolute atomic E-state index is 8.74. The minimum Gasteiger partial charge on any atom is -0.357 e. The van der Waals surface area contributed by atoms with Gasteiger partial charge in [-0.05, 0) is 19.8 Å². The molecule has 0 spiro atoms. The predicted molar refractivity (Wildman–Crippen MR) is 78.9 cm³/mol. The molecule has 0 atom stereocenters. The zero-order valence-electron chi connectivity index (χ0n) is 12.1. The molecule has 1 N–H and O–H groups in total. The van der Waals surface area contributed by atoms with Gasteiger partial charge in [-0.15, -0.1) is 0 Å². The molecule has 0 radical (unpaired) electrons. The molecule has 0 bridgehead atoms. The Morgan fingerprint density at radius 1 is 1.30 bits per heavy atom. The van der Waals surface area contributed by atoms with E-state index in [-0.39, 0.29) is 0 Å². The summed E-state index contributed by atoms with van der Waals surface area (Å²) in [7, 11) is 1.80. The highest BCUT2D eigenvalue weighted by atomic mass is 15.4. The molecule has 0 aromatic carbocycles. The normalized spacial score (nSPS) is 14.2. The monoisotopic (exact) mass is 275 g/mol. The van der Waals surface area contributed by atoms with Crippen LogP contribution in [0.3, 0.4) is 0 Å². The van der Waals surface area contributed by atoms with Crippen molar-refractivity contribution in [2.45, 2.75) is 26.2 Å². The standard InChI is InChI=1S/C13H21N7/c1-3-19(10-6-7-14)12-16-11(15-2)17-13(18-12)20-8-4-5-9-20/h3-6,8-10H2,1-2H3,(H,15,16,17,18). The van der Waals surface area contributed by atoms with Crippen LogP contribution in [0.1, 0.15) is 26.2 Å². The molecule has 0 amide bonds. The summed E-state index contributed by atoms with van der Waals surface area (Å²) < 4.78 is 0. The Morgan fingerprint density at radius 3 is 2.65 bits per heavy atom. The van der Waals surface area contributed by atoms with Gasteiger partial charge in [-0.2, -0.15) is 20.2 Å². The lowest BCUT2D eigenvalue weighted by atomic mass is 10.4. The van der Waals surface area contributed by atoms with Gasteiger partial charge in [-0.1, -0.05) is 0 Å². The molecule has 1 saturated heterocycles. The highest BCUT2D eigenvalue weighted by molar-refractivity contribution is 5.45. The Morgan fingerprint density at radius 2 is 2.05 bits per heavy atom. The van der Waals surface area contributed by atoms with Crippen LogP contribution in [0.2, 0.25) is 0 Å². The Balaban J connectivity index is 2.26. The number of hydrogen-bond acceptors (Lipinski definition) is 7. The summed E-state index contributed by atoms with van der Waals surface area (Å²) in [5, 5.41) is 11.7. The highest BCUT2D eigenvalue weighted by Crippen LogP contribution is 2.20. The summed E-state index contributed by atoms with van der Waals surface area (Å²) >= 11 is 0. The number of rotatable bonds is 6. The molecule has 1 aromatic heterocycles. The lowest BCUT2D eigenvalue weighted by Crippen LogP contribution is -2.28. The molecule has 7 heteroatoms. The zero-order valence-corrected chi connectivity index (χ0v) is 12.1. The zero-order chi connectivity index (χ0) is 14.4. The first-order valence-corrected chi connectivity index (χ1v) is 7.09. The van der Waals surface area contributed by atoms with Gasteiger partial charge in [0, 0.05) is 33.2 Å². The van der Waals surface area contributed by atoms with E-state index in [0.717, 1.165) is 25.6 Å². The van der Waals surface area contributed by atoms with Crippen molar-refractivity contribution in [1.29, 1.82) is 5.26 Å². The lowest BCUT2D eigenvalue weighted by molar-refractivity contribution is 0.775. The fourth-order valence-electron chi connectivity index (χ4n) is 2.25. The molecular weight excluding hydrogens is 254 g/mol. The quantitative estimate of drug-likeness (QED) is 0.836. The third-order valence-electron chi connectivity index (χ3n) is 3.38. The molecule has 0 aliphatic carbocycles. The molecule has 0 saturated carbocycles. The van der Waals surface area contributed by atoms with E-state index in [1.165, 1.54) is 12.8 Å². The van der Waals surface area contributed by atoms with Crippen LogP contribution in [-0.4, -0.2) is 48.2 Å². The number of nitriles is 1. The van der Waals surface area contributed by atoms with Gasteiger partial charge in [0.05, 0.1) is 12.5 Å². The second kappa shape index (κ2) is 6.89. The van der Waals surface area contributed by atoms with Crippen LogP contribution in [-0.2, 0) is 0 Å². The van der Waals surface area contributed by atoms with Gasteiger partial charge < -0.3 is 15.1 Å². The minimum absolute atomic E-state index is 0.466. The topological polar surface area (TPSA) is 81.0 Å². The van der Waals surface area contributed by atoms with Gasteiger partial charge in [-0.25, -0.2) is 0 Å². The third-order valence-corrected chi connectivity index (χ3v) is 3.38. The Hall–Kier alpha value is -2.10. The van der Waals surface area contributed by atoms with E-state index in [4.69, 9.17) is 5.26 Å². The maximum atomic E-state index is 8.74. The fourth-order valence-corrected chi connectivity index (χ4v) is 2.25. The molecule has 1 aromatic rings. The van der Waals surface area contributed by atoms with Crippen molar-refractivity contribution in [2.75, 3.05) is 48.3 Å². The number of nitrogens with zero attached hydrogens (tertiary/aromatic N) is 6. The van der Waals surface area contributed by atoms with Crippen LogP contribution in [0.25, 0.3) is 0 Å². The molecule has 20 heavy (non-hydrogen) atoms. The van der Waals surface area contributed by atoms with Crippen LogP contribution in [0.4, 0.5) is 17.8 Å². The minimum atomic E-state index is 0.466. The van der Waals surface area contributed by atoms with Gasteiger partial charge in [0.15, 0.2) is 0 Å². The molecule has 0 unspecified atom stereocenters. The van der Waals surface area contributed by atoms with Gasteiger partial charge in [0.2, 0.25) is 17.8 Å². The smallest absolute Gasteiger partial charge is 0.231 e. The molecule has 2 heterocycles. The fraction of sp³-hybridized carbons (Fsp3) is 0.692. The van der Waals surface area contributed by atoms with Gasteiger partial charge >= 0.3 is 0 Å². The van der Waals surface area contributed by atoms with Crippen molar-refractivity contribution in [3.05, 3.63) is 0 Å². The Kier molecular flexibility index (Phi) is 4.93. The summed E-state index contributed by atoms with van der Waals surface area (Å²) in [5.74, 6) is 1.95. The van der Waals surface area contributed by atoms with Gasteiger partial charge in [0.25, 0.3) is 0 Å². The first kappa shape index (κ1) is 14.3. The average molecular weight is 275 g/mol. The first-order valence-electron chi connectivity index (χ1n) is 7.09. The van der Waals surface area contributed by atoms with Crippen LogP contribution in [0.15, 0.2) is 0 Å². The lowest BCUT2D eigenvalue weighted by Gasteiger charge is -2.22. The number of anilines is 3. The van der Waals surface area contributed by atoms with Crippen molar-refractivity contribution in [3.8, 4) is 6.07 Å². The average Bonchev–Trinajstić information content (AvgIpc) is 3.02. The maximum Gasteiger partial charge on any atom is 0.231 e. The summed E-state index contributed by atoms with van der Waals surface area (Å²) in [5.41, 5.74) is 0. The van der Waals surface area contributed by atoms with E-state index in [1.807, 2.05) is 11.8 Å². The summed E-state index contributed by atoms with van der Waals surface area (Å²) in [6, 6.07) is 2.16.